The van der Waals surface area contributed by atoms with E-state index in [1.165, 1.54) is 6.42 Å². The van der Waals surface area contributed by atoms with Crippen LogP contribution in [-0.4, -0.2) is 28.9 Å². The van der Waals surface area contributed by atoms with E-state index >= 15 is 0 Å². The maximum atomic E-state index is 12.5. The van der Waals surface area contributed by atoms with Crippen LogP contribution in [0.1, 0.15) is 36.5 Å². The molecule has 0 bridgehead atoms. The van der Waals surface area contributed by atoms with Crippen molar-refractivity contribution < 1.29 is 9.53 Å². The molecule has 2 heterocycles. The summed E-state index contributed by atoms with van der Waals surface area (Å²) >= 11 is 1.62. The molecule has 0 N–H and O–H groups in total. The molecule has 0 spiro atoms. The van der Waals surface area contributed by atoms with Gasteiger partial charge in [0, 0.05) is 30.1 Å². The van der Waals surface area contributed by atoms with E-state index in [4.69, 9.17) is 4.74 Å². The molecule has 1 aliphatic rings. The molecule has 2 aromatic rings. The highest BCUT2D eigenvalue weighted by Crippen LogP contribution is 2.23. The first-order valence-corrected chi connectivity index (χ1v) is 9.99. The molecule has 4 nitrogen and oxygen atoms in total. The van der Waals surface area contributed by atoms with E-state index in [0.29, 0.717) is 18.4 Å². The summed E-state index contributed by atoms with van der Waals surface area (Å²) in [5, 5.41) is 3.04. The number of para-hydroxylation sites is 1. The summed E-state index contributed by atoms with van der Waals surface area (Å²) in [7, 11) is 0. The topological polar surface area (TPSA) is 42.4 Å². The van der Waals surface area contributed by atoms with Gasteiger partial charge in [0.1, 0.15) is 12.4 Å². The van der Waals surface area contributed by atoms with E-state index in [9.17, 15) is 4.79 Å². The number of aryl methyl sites for hydroxylation is 1. The average molecular weight is 371 g/mol. The number of carbonyl (C=O) groups is 1. The second-order valence-corrected chi connectivity index (χ2v) is 8.27. The van der Waals surface area contributed by atoms with Crippen LogP contribution in [0.25, 0.3) is 6.08 Å². The zero-order valence-electron chi connectivity index (χ0n) is 15.6. The average Bonchev–Trinajstić information content (AvgIpc) is 3.03. The Morgan fingerprint density at radius 2 is 2.04 bits per heavy atom. The van der Waals surface area contributed by atoms with E-state index in [1.807, 2.05) is 47.5 Å². The molecule has 1 amide bonds. The summed E-state index contributed by atoms with van der Waals surface area (Å²) in [4.78, 5) is 18.9. The number of aromatic nitrogens is 1. The first-order valence-electron chi connectivity index (χ1n) is 9.11. The largest absolute Gasteiger partial charge is 0.487 e. The van der Waals surface area contributed by atoms with Crippen LogP contribution >= 0.6 is 11.3 Å². The lowest BCUT2D eigenvalue weighted by Gasteiger charge is -2.34. The van der Waals surface area contributed by atoms with E-state index in [1.54, 1.807) is 17.4 Å². The van der Waals surface area contributed by atoms with Crippen LogP contribution in [0.3, 0.4) is 0 Å². The Morgan fingerprint density at radius 1 is 1.31 bits per heavy atom. The van der Waals surface area contributed by atoms with Gasteiger partial charge in [-0.1, -0.05) is 32.0 Å². The third kappa shape index (κ3) is 4.94. The molecule has 3 rings (SSSR count). The highest BCUT2D eigenvalue weighted by atomic mass is 32.1. The van der Waals surface area contributed by atoms with Gasteiger partial charge in [-0.05, 0) is 37.3 Å². The molecule has 1 fully saturated rings. The van der Waals surface area contributed by atoms with Gasteiger partial charge < -0.3 is 9.64 Å². The van der Waals surface area contributed by atoms with E-state index in [-0.39, 0.29) is 5.91 Å². The van der Waals surface area contributed by atoms with Crippen LogP contribution in [0.5, 0.6) is 5.75 Å². The minimum Gasteiger partial charge on any atom is -0.487 e. The first kappa shape index (κ1) is 18.6. The van der Waals surface area contributed by atoms with Crippen molar-refractivity contribution >= 4 is 23.3 Å². The SMILES string of the molecule is Cc1nc(COc2ccccc2/C=C/C(=O)N2C[C@H](C)C[C@H](C)C2)cs1. The second kappa shape index (κ2) is 8.49. The molecule has 1 saturated heterocycles. The number of amides is 1. The maximum Gasteiger partial charge on any atom is 0.246 e. The summed E-state index contributed by atoms with van der Waals surface area (Å²) in [5.41, 5.74) is 1.84. The summed E-state index contributed by atoms with van der Waals surface area (Å²) < 4.78 is 5.92. The van der Waals surface area contributed by atoms with Crippen molar-refractivity contribution in [1.29, 1.82) is 0 Å². The predicted octanol–water partition coefficient (Wildman–Crippen LogP) is 4.55. The molecule has 138 valence electrons. The molecule has 26 heavy (non-hydrogen) atoms. The van der Waals surface area contributed by atoms with Gasteiger partial charge in [0.2, 0.25) is 5.91 Å². The summed E-state index contributed by atoms with van der Waals surface area (Å²) in [6.07, 6.45) is 4.72. The number of benzene rings is 1. The molecule has 1 aromatic heterocycles. The van der Waals surface area contributed by atoms with Crippen LogP contribution in [0.2, 0.25) is 0 Å². The van der Waals surface area contributed by atoms with Crippen molar-refractivity contribution in [3.63, 3.8) is 0 Å². The number of piperidine rings is 1. The van der Waals surface area contributed by atoms with Crippen molar-refractivity contribution in [3.8, 4) is 5.75 Å². The van der Waals surface area contributed by atoms with Gasteiger partial charge in [0.15, 0.2) is 0 Å². The van der Waals surface area contributed by atoms with Gasteiger partial charge in [-0.25, -0.2) is 4.98 Å². The minimum atomic E-state index is 0.0772. The smallest absolute Gasteiger partial charge is 0.246 e. The Bertz CT molecular complexity index is 774. The van der Waals surface area contributed by atoms with Crippen molar-refractivity contribution in [1.82, 2.24) is 9.88 Å². The summed E-state index contributed by atoms with van der Waals surface area (Å²) in [5.74, 6) is 1.97. The number of nitrogens with zero attached hydrogens (tertiary/aromatic N) is 2. The number of rotatable bonds is 5. The number of hydrogen-bond acceptors (Lipinski definition) is 4. The third-order valence-corrected chi connectivity index (χ3v) is 5.37. The quantitative estimate of drug-likeness (QED) is 0.725. The lowest BCUT2D eigenvalue weighted by atomic mass is 9.92. The van der Waals surface area contributed by atoms with Gasteiger partial charge in [-0.15, -0.1) is 11.3 Å². The van der Waals surface area contributed by atoms with Crippen LogP contribution in [0.15, 0.2) is 35.7 Å². The summed E-state index contributed by atoms with van der Waals surface area (Å²) in [6, 6.07) is 7.78. The van der Waals surface area contributed by atoms with Crippen molar-refractivity contribution in [2.24, 2.45) is 11.8 Å². The van der Waals surface area contributed by atoms with Crippen LogP contribution in [-0.2, 0) is 11.4 Å². The van der Waals surface area contributed by atoms with Crippen molar-refractivity contribution in [3.05, 3.63) is 52.0 Å². The maximum absolute atomic E-state index is 12.5. The molecule has 0 radical (unpaired) electrons. The number of ether oxygens (including phenoxy) is 1. The number of carbonyl (C=O) groups excluding carboxylic acids is 1. The number of thiazole rings is 1. The highest BCUT2D eigenvalue weighted by Gasteiger charge is 2.24. The Kier molecular flexibility index (Phi) is 6.09. The molecule has 5 heteroatoms. The van der Waals surface area contributed by atoms with Crippen LogP contribution < -0.4 is 4.74 Å². The van der Waals surface area contributed by atoms with Gasteiger partial charge >= 0.3 is 0 Å². The number of likely N-dealkylation sites (tertiary alicyclic amines) is 1. The Labute approximate surface area is 159 Å². The fourth-order valence-corrected chi connectivity index (χ4v) is 4.08. The highest BCUT2D eigenvalue weighted by molar-refractivity contribution is 7.09. The van der Waals surface area contributed by atoms with E-state index in [2.05, 4.69) is 18.8 Å². The summed E-state index contributed by atoms with van der Waals surface area (Å²) in [6.45, 7) is 8.53. The second-order valence-electron chi connectivity index (χ2n) is 7.21. The zero-order chi connectivity index (χ0) is 18.5. The fourth-order valence-electron chi connectivity index (χ4n) is 3.49. The fraction of sp³-hybridized carbons (Fsp3) is 0.429. The Morgan fingerprint density at radius 3 is 2.73 bits per heavy atom. The lowest BCUT2D eigenvalue weighted by molar-refractivity contribution is -0.128. The standard InChI is InChI=1S/C21H26N2O2S/c1-15-10-16(2)12-23(11-15)21(24)9-8-18-6-4-5-7-20(18)25-13-19-14-26-17(3)22-19/h4-9,14-16H,10-13H2,1-3H3/b9-8+/t15-,16+. The van der Waals surface area contributed by atoms with Crippen molar-refractivity contribution in [2.75, 3.05) is 13.1 Å². The van der Waals surface area contributed by atoms with E-state index < -0.39 is 0 Å². The van der Waals surface area contributed by atoms with Crippen LogP contribution in [0, 0.1) is 18.8 Å². The molecule has 1 aliphatic heterocycles. The first-order chi connectivity index (χ1) is 12.5. The van der Waals surface area contributed by atoms with Gasteiger partial charge in [0.05, 0.1) is 10.7 Å². The lowest BCUT2D eigenvalue weighted by Crippen LogP contribution is -2.41. The zero-order valence-corrected chi connectivity index (χ0v) is 16.5. The normalized spacial score (nSPS) is 20.5. The molecule has 2 atom stereocenters. The molecule has 0 aliphatic carbocycles. The molecule has 0 saturated carbocycles. The third-order valence-electron chi connectivity index (χ3n) is 4.55. The van der Waals surface area contributed by atoms with E-state index in [0.717, 1.165) is 35.1 Å². The van der Waals surface area contributed by atoms with Gasteiger partial charge in [-0.2, -0.15) is 0 Å². The van der Waals surface area contributed by atoms with Gasteiger partial charge in [-0.3, -0.25) is 4.79 Å². The number of hydrogen-bond donors (Lipinski definition) is 0. The monoisotopic (exact) mass is 370 g/mol. The van der Waals surface area contributed by atoms with Gasteiger partial charge in [0.25, 0.3) is 0 Å². The van der Waals surface area contributed by atoms with Crippen molar-refractivity contribution in [2.45, 2.75) is 33.8 Å². The minimum absolute atomic E-state index is 0.0772. The molecular weight excluding hydrogens is 344 g/mol. The Hall–Kier alpha value is -2.14. The predicted molar refractivity (Wildman–Crippen MR) is 106 cm³/mol. The molecular formula is C21H26N2O2S. The molecule has 0 unspecified atom stereocenters. The molecule has 1 aromatic carbocycles. The van der Waals surface area contributed by atoms with Crippen LogP contribution in [0.4, 0.5) is 0 Å². The Balaban J connectivity index is 1.65.